The fourth-order valence-corrected chi connectivity index (χ4v) is 4.95. The minimum absolute atomic E-state index is 0.0194. The van der Waals surface area contributed by atoms with Crippen LogP contribution in [0.2, 0.25) is 0 Å². The Morgan fingerprint density at radius 1 is 1.41 bits per heavy atom. The maximum absolute atomic E-state index is 6.00. The summed E-state index contributed by atoms with van der Waals surface area (Å²) < 4.78 is 11.7. The van der Waals surface area contributed by atoms with E-state index in [1.807, 2.05) is 0 Å². The van der Waals surface area contributed by atoms with Crippen LogP contribution in [0.15, 0.2) is 12.2 Å². The summed E-state index contributed by atoms with van der Waals surface area (Å²) in [5.41, 5.74) is 1.95. The Bertz CT molecular complexity index is 338. The lowest BCUT2D eigenvalue weighted by molar-refractivity contribution is -0.184. The Morgan fingerprint density at radius 2 is 2.24 bits per heavy atom. The third-order valence-electron chi connectivity index (χ3n) is 5.61. The normalized spacial score (nSPS) is 49.9. The van der Waals surface area contributed by atoms with Crippen LogP contribution in [-0.2, 0) is 9.47 Å². The maximum Gasteiger partial charge on any atom is 0.163 e. The molecule has 3 fully saturated rings. The van der Waals surface area contributed by atoms with E-state index < -0.39 is 0 Å². The van der Waals surface area contributed by atoms with Gasteiger partial charge in [0.05, 0.1) is 6.61 Å². The smallest absolute Gasteiger partial charge is 0.163 e. The molecule has 1 spiro atoms. The van der Waals surface area contributed by atoms with Crippen LogP contribution in [0.4, 0.5) is 0 Å². The third kappa shape index (κ3) is 1.40. The first-order chi connectivity index (χ1) is 8.12. The highest BCUT2D eigenvalue weighted by Crippen LogP contribution is 2.66. The summed E-state index contributed by atoms with van der Waals surface area (Å²) in [7, 11) is 1.81. The summed E-state index contributed by atoms with van der Waals surface area (Å²) in [5, 5.41) is 0. The number of allylic oxidation sites excluding steroid dienone is 1. The molecule has 17 heavy (non-hydrogen) atoms. The highest BCUT2D eigenvalue weighted by atomic mass is 16.7. The van der Waals surface area contributed by atoms with Crippen molar-refractivity contribution in [2.45, 2.75) is 51.7 Å². The van der Waals surface area contributed by atoms with Gasteiger partial charge in [-0.3, -0.25) is 0 Å². The quantitative estimate of drug-likeness (QED) is 0.648. The van der Waals surface area contributed by atoms with E-state index in [-0.39, 0.29) is 17.1 Å². The molecular formula is C15H24O2. The van der Waals surface area contributed by atoms with Crippen LogP contribution in [-0.4, -0.2) is 20.0 Å². The lowest BCUT2D eigenvalue weighted by Crippen LogP contribution is -2.53. The molecule has 0 aromatic carbocycles. The topological polar surface area (TPSA) is 18.5 Å². The Labute approximate surface area is 104 Å². The second kappa shape index (κ2) is 3.83. The van der Waals surface area contributed by atoms with Crippen molar-refractivity contribution in [3.8, 4) is 0 Å². The van der Waals surface area contributed by atoms with E-state index in [1.165, 1.54) is 37.7 Å². The average Bonchev–Trinajstić information content (AvgIpc) is 2.57. The first-order valence-corrected chi connectivity index (χ1v) is 6.93. The molecule has 1 aliphatic heterocycles. The van der Waals surface area contributed by atoms with Gasteiger partial charge in [0.2, 0.25) is 0 Å². The molecule has 0 bridgehead atoms. The van der Waals surface area contributed by atoms with Gasteiger partial charge in [0.1, 0.15) is 0 Å². The van der Waals surface area contributed by atoms with Crippen molar-refractivity contribution in [1.29, 1.82) is 0 Å². The molecule has 0 unspecified atom stereocenters. The first kappa shape index (κ1) is 11.7. The van der Waals surface area contributed by atoms with Crippen LogP contribution in [0.1, 0.15) is 45.4 Å². The number of hydrogen-bond acceptors (Lipinski definition) is 2. The molecule has 0 N–H and O–H groups in total. The van der Waals surface area contributed by atoms with Gasteiger partial charge in [0, 0.05) is 17.9 Å². The molecule has 4 atom stereocenters. The highest BCUT2D eigenvalue weighted by molar-refractivity contribution is 5.18. The zero-order valence-corrected chi connectivity index (χ0v) is 11.1. The summed E-state index contributed by atoms with van der Waals surface area (Å²) >= 11 is 0. The van der Waals surface area contributed by atoms with Crippen molar-refractivity contribution in [3.05, 3.63) is 12.2 Å². The van der Waals surface area contributed by atoms with Gasteiger partial charge in [-0.15, -0.1) is 0 Å². The van der Waals surface area contributed by atoms with Crippen molar-refractivity contribution in [2.24, 2.45) is 16.7 Å². The summed E-state index contributed by atoms with van der Waals surface area (Å²) in [6.45, 7) is 7.51. The molecule has 0 aromatic rings. The lowest BCUT2D eigenvalue weighted by Gasteiger charge is -2.55. The number of hydrogen-bond donors (Lipinski definition) is 0. The SMILES string of the molecule is C=C1C[C@H]2CCCC[C@@]23[C@@H](OC)OC[C@@]3(C)C1. The van der Waals surface area contributed by atoms with Gasteiger partial charge < -0.3 is 9.47 Å². The molecular weight excluding hydrogens is 212 g/mol. The van der Waals surface area contributed by atoms with E-state index in [1.54, 1.807) is 7.11 Å². The van der Waals surface area contributed by atoms with Gasteiger partial charge in [0.15, 0.2) is 6.29 Å². The van der Waals surface area contributed by atoms with Gasteiger partial charge in [-0.05, 0) is 31.6 Å². The minimum Gasteiger partial charge on any atom is -0.355 e. The Balaban J connectivity index is 2.04. The van der Waals surface area contributed by atoms with Crippen LogP contribution in [0.25, 0.3) is 0 Å². The fraction of sp³-hybridized carbons (Fsp3) is 0.867. The maximum atomic E-state index is 6.00. The summed E-state index contributed by atoms with van der Waals surface area (Å²) in [5.74, 6) is 0.731. The van der Waals surface area contributed by atoms with Crippen molar-refractivity contribution in [2.75, 3.05) is 13.7 Å². The zero-order valence-electron chi connectivity index (χ0n) is 11.1. The fourth-order valence-electron chi connectivity index (χ4n) is 4.95. The summed E-state index contributed by atoms with van der Waals surface area (Å²) in [6, 6.07) is 0. The average molecular weight is 236 g/mol. The molecule has 0 aromatic heterocycles. The predicted octanol–water partition coefficient (Wildman–Crippen LogP) is 3.52. The summed E-state index contributed by atoms with van der Waals surface area (Å²) in [4.78, 5) is 0. The standard InChI is InChI=1S/C15H24O2/c1-11-8-12-6-4-5-7-15(12)13(16-3)17-10-14(15,2)9-11/h12-13H,1,4-10H2,2-3H3/t12-,13+,14-,15+/m1/s1. The molecule has 2 nitrogen and oxygen atoms in total. The van der Waals surface area contributed by atoms with Crippen molar-refractivity contribution < 1.29 is 9.47 Å². The van der Waals surface area contributed by atoms with E-state index in [0.29, 0.717) is 0 Å². The van der Waals surface area contributed by atoms with Crippen LogP contribution in [0, 0.1) is 16.7 Å². The number of rotatable bonds is 1. The zero-order chi connectivity index (χ0) is 12.1. The van der Waals surface area contributed by atoms with E-state index in [9.17, 15) is 0 Å². The van der Waals surface area contributed by atoms with E-state index >= 15 is 0 Å². The van der Waals surface area contributed by atoms with Gasteiger partial charge >= 0.3 is 0 Å². The number of methoxy groups -OCH3 is 1. The van der Waals surface area contributed by atoms with Crippen molar-refractivity contribution in [3.63, 3.8) is 0 Å². The summed E-state index contributed by atoms with van der Waals surface area (Å²) in [6.07, 6.45) is 7.65. The molecule has 3 rings (SSSR count). The Morgan fingerprint density at radius 3 is 3.00 bits per heavy atom. The van der Waals surface area contributed by atoms with Crippen LogP contribution >= 0.6 is 0 Å². The monoisotopic (exact) mass is 236 g/mol. The van der Waals surface area contributed by atoms with Crippen LogP contribution in [0.5, 0.6) is 0 Å². The largest absolute Gasteiger partial charge is 0.355 e. The molecule has 1 saturated heterocycles. The van der Waals surface area contributed by atoms with Gasteiger partial charge in [-0.1, -0.05) is 31.9 Å². The Kier molecular flexibility index (Phi) is 2.64. The van der Waals surface area contributed by atoms with Crippen molar-refractivity contribution >= 4 is 0 Å². The molecule has 2 saturated carbocycles. The van der Waals surface area contributed by atoms with Gasteiger partial charge in [-0.2, -0.15) is 0 Å². The lowest BCUT2D eigenvalue weighted by atomic mass is 9.48. The first-order valence-electron chi connectivity index (χ1n) is 6.93. The second-order valence-electron chi connectivity index (χ2n) is 6.55. The molecule has 96 valence electrons. The molecule has 1 heterocycles. The molecule has 0 amide bonds. The van der Waals surface area contributed by atoms with Crippen LogP contribution < -0.4 is 0 Å². The van der Waals surface area contributed by atoms with E-state index in [4.69, 9.17) is 9.47 Å². The molecule has 0 radical (unpaired) electrons. The molecule has 2 aliphatic carbocycles. The highest BCUT2D eigenvalue weighted by Gasteiger charge is 2.64. The number of ether oxygens (including phenoxy) is 2. The van der Waals surface area contributed by atoms with E-state index in [2.05, 4.69) is 13.5 Å². The molecule has 2 heteroatoms. The van der Waals surface area contributed by atoms with Gasteiger partial charge in [0.25, 0.3) is 0 Å². The van der Waals surface area contributed by atoms with Crippen molar-refractivity contribution in [1.82, 2.24) is 0 Å². The molecule has 3 aliphatic rings. The predicted molar refractivity (Wildman–Crippen MR) is 67.6 cm³/mol. The second-order valence-corrected chi connectivity index (χ2v) is 6.55. The minimum atomic E-state index is 0.0194. The third-order valence-corrected chi connectivity index (χ3v) is 5.61. The van der Waals surface area contributed by atoms with Crippen LogP contribution in [0.3, 0.4) is 0 Å². The Hall–Kier alpha value is -0.340. The van der Waals surface area contributed by atoms with E-state index in [0.717, 1.165) is 18.9 Å². The van der Waals surface area contributed by atoms with Gasteiger partial charge in [-0.25, -0.2) is 0 Å².